The van der Waals surface area contributed by atoms with Crippen molar-refractivity contribution in [2.24, 2.45) is 11.8 Å². The zero-order chi connectivity index (χ0) is 14.5. The van der Waals surface area contributed by atoms with Crippen molar-refractivity contribution in [2.75, 3.05) is 6.61 Å². The van der Waals surface area contributed by atoms with Crippen molar-refractivity contribution in [1.82, 2.24) is 0 Å². The molecule has 1 aromatic rings. The maximum absolute atomic E-state index is 11.9. The van der Waals surface area contributed by atoms with E-state index < -0.39 is 10.1 Å². The Morgan fingerprint density at radius 2 is 1.84 bits per heavy atom. The predicted octanol–water partition coefficient (Wildman–Crippen LogP) is 3.55. The summed E-state index contributed by atoms with van der Waals surface area (Å²) in [5.41, 5.74) is 1.02. The van der Waals surface area contributed by atoms with Crippen LogP contribution in [-0.4, -0.2) is 15.0 Å². The first-order valence-electron chi connectivity index (χ1n) is 6.45. The van der Waals surface area contributed by atoms with E-state index >= 15 is 0 Å². The molecule has 1 rings (SSSR count). The minimum Gasteiger partial charge on any atom is -0.266 e. The van der Waals surface area contributed by atoms with Gasteiger partial charge >= 0.3 is 0 Å². The van der Waals surface area contributed by atoms with E-state index in [1.54, 1.807) is 24.3 Å². The monoisotopic (exact) mass is 282 g/mol. The molecule has 0 bridgehead atoms. The normalized spacial score (nSPS) is 13.5. The van der Waals surface area contributed by atoms with Gasteiger partial charge in [-0.05, 0) is 37.3 Å². The quantitative estimate of drug-likeness (QED) is 0.567. The maximum atomic E-state index is 11.9. The van der Waals surface area contributed by atoms with Gasteiger partial charge in [0.05, 0.1) is 11.5 Å². The van der Waals surface area contributed by atoms with Gasteiger partial charge in [-0.1, -0.05) is 37.6 Å². The maximum Gasteiger partial charge on any atom is 0.296 e. The third-order valence-corrected chi connectivity index (χ3v) is 4.48. The molecule has 0 N–H and O–H groups in total. The van der Waals surface area contributed by atoms with E-state index in [1.165, 1.54) is 0 Å². The van der Waals surface area contributed by atoms with Crippen LogP contribution in [0.25, 0.3) is 0 Å². The largest absolute Gasteiger partial charge is 0.296 e. The van der Waals surface area contributed by atoms with Gasteiger partial charge in [0, 0.05) is 0 Å². The average Bonchev–Trinajstić information content (AvgIpc) is 2.34. The van der Waals surface area contributed by atoms with Crippen molar-refractivity contribution in [3.05, 3.63) is 42.5 Å². The van der Waals surface area contributed by atoms with E-state index in [1.807, 2.05) is 13.0 Å². The van der Waals surface area contributed by atoms with Crippen LogP contribution in [0.3, 0.4) is 0 Å². The van der Waals surface area contributed by atoms with Crippen LogP contribution in [0.4, 0.5) is 0 Å². The summed E-state index contributed by atoms with van der Waals surface area (Å²) in [7, 11) is -3.64. The first-order chi connectivity index (χ1) is 8.86. The molecule has 0 amide bonds. The molecule has 0 unspecified atom stereocenters. The standard InChI is InChI=1S/C15H22O3S/c1-5-14(12(2)3)10-11-18-19(16,17)15-8-6-13(4)7-9-15/h5-9,12,14H,1,10-11H2,2-4H3/t14-/m0/s1. The summed E-state index contributed by atoms with van der Waals surface area (Å²) >= 11 is 0. The molecule has 4 heteroatoms. The Labute approximate surface area is 116 Å². The summed E-state index contributed by atoms with van der Waals surface area (Å²) in [4.78, 5) is 0.206. The molecule has 19 heavy (non-hydrogen) atoms. The third-order valence-electron chi connectivity index (χ3n) is 3.16. The number of hydrogen-bond acceptors (Lipinski definition) is 3. The van der Waals surface area contributed by atoms with Crippen LogP contribution < -0.4 is 0 Å². The van der Waals surface area contributed by atoms with Crippen molar-refractivity contribution in [3.63, 3.8) is 0 Å². The molecule has 0 saturated heterocycles. The number of benzene rings is 1. The molecule has 0 radical (unpaired) electrons. The summed E-state index contributed by atoms with van der Waals surface area (Å²) in [6.45, 7) is 10.0. The summed E-state index contributed by atoms with van der Waals surface area (Å²) in [5.74, 6) is 0.705. The smallest absolute Gasteiger partial charge is 0.266 e. The van der Waals surface area contributed by atoms with E-state index in [-0.39, 0.29) is 17.4 Å². The van der Waals surface area contributed by atoms with Gasteiger partial charge in [-0.15, -0.1) is 6.58 Å². The van der Waals surface area contributed by atoms with Gasteiger partial charge in [-0.3, -0.25) is 4.18 Å². The molecule has 0 saturated carbocycles. The summed E-state index contributed by atoms with van der Waals surface area (Å²) in [6, 6.07) is 6.66. The lowest BCUT2D eigenvalue weighted by molar-refractivity contribution is 0.276. The molecule has 0 fully saturated rings. The van der Waals surface area contributed by atoms with E-state index in [4.69, 9.17) is 4.18 Å². The SMILES string of the molecule is C=C[C@@H](CCOS(=O)(=O)c1ccc(C)cc1)C(C)C. The van der Waals surface area contributed by atoms with Crippen LogP contribution in [0.5, 0.6) is 0 Å². The molecule has 1 aromatic carbocycles. The van der Waals surface area contributed by atoms with Crippen LogP contribution in [0.1, 0.15) is 25.8 Å². The third kappa shape index (κ3) is 4.80. The van der Waals surface area contributed by atoms with Gasteiger partial charge in [0.2, 0.25) is 0 Å². The number of hydrogen-bond donors (Lipinski definition) is 0. The Morgan fingerprint density at radius 1 is 1.26 bits per heavy atom. The van der Waals surface area contributed by atoms with Crippen LogP contribution in [0.15, 0.2) is 41.8 Å². The number of aryl methyl sites for hydroxylation is 1. The molecular formula is C15H22O3S. The Kier molecular flexibility index (Phi) is 5.76. The van der Waals surface area contributed by atoms with Crippen LogP contribution in [0.2, 0.25) is 0 Å². The van der Waals surface area contributed by atoms with Crippen molar-refractivity contribution < 1.29 is 12.6 Å². The highest BCUT2D eigenvalue weighted by Gasteiger charge is 2.16. The van der Waals surface area contributed by atoms with Gasteiger partial charge in [-0.25, -0.2) is 0 Å². The van der Waals surface area contributed by atoms with E-state index in [0.29, 0.717) is 12.3 Å². The van der Waals surface area contributed by atoms with Crippen LogP contribution in [0, 0.1) is 18.8 Å². The summed E-state index contributed by atoms with van der Waals surface area (Å²) in [5, 5.41) is 0. The zero-order valence-corrected chi connectivity index (χ0v) is 12.6. The molecular weight excluding hydrogens is 260 g/mol. The summed E-state index contributed by atoms with van der Waals surface area (Å²) in [6.07, 6.45) is 2.51. The topological polar surface area (TPSA) is 43.4 Å². The Morgan fingerprint density at radius 3 is 2.32 bits per heavy atom. The molecule has 3 nitrogen and oxygen atoms in total. The fourth-order valence-electron chi connectivity index (χ4n) is 1.79. The van der Waals surface area contributed by atoms with Crippen LogP contribution >= 0.6 is 0 Å². The van der Waals surface area contributed by atoms with Crippen molar-refractivity contribution in [1.29, 1.82) is 0 Å². The van der Waals surface area contributed by atoms with E-state index in [0.717, 1.165) is 5.56 Å². The summed E-state index contributed by atoms with van der Waals surface area (Å²) < 4.78 is 28.9. The van der Waals surface area contributed by atoms with Crippen LogP contribution in [-0.2, 0) is 14.3 Å². The van der Waals surface area contributed by atoms with Crippen molar-refractivity contribution in [3.8, 4) is 0 Å². The first kappa shape index (κ1) is 15.9. The second-order valence-corrected chi connectivity index (χ2v) is 6.64. The molecule has 1 atom stereocenters. The van der Waals surface area contributed by atoms with Gasteiger partial charge in [-0.2, -0.15) is 8.42 Å². The van der Waals surface area contributed by atoms with Crippen molar-refractivity contribution >= 4 is 10.1 Å². The molecule has 0 aliphatic rings. The Balaban J connectivity index is 2.61. The highest BCUT2D eigenvalue weighted by molar-refractivity contribution is 7.86. The molecule has 0 aromatic heterocycles. The van der Waals surface area contributed by atoms with E-state index in [9.17, 15) is 8.42 Å². The highest BCUT2D eigenvalue weighted by Crippen LogP contribution is 2.18. The first-order valence-corrected chi connectivity index (χ1v) is 7.86. The fourth-order valence-corrected chi connectivity index (χ4v) is 2.71. The lowest BCUT2D eigenvalue weighted by atomic mass is 9.93. The number of rotatable bonds is 7. The van der Waals surface area contributed by atoms with Gasteiger partial charge in [0.15, 0.2) is 0 Å². The van der Waals surface area contributed by atoms with E-state index in [2.05, 4.69) is 20.4 Å². The Bertz CT molecular complexity index is 501. The molecule has 106 valence electrons. The van der Waals surface area contributed by atoms with Gasteiger partial charge in [0.1, 0.15) is 0 Å². The molecule has 0 heterocycles. The average molecular weight is 282 g/mol. The fraction of sp³-hybridized carbons (Fsp3) is 0.467. The number of allylic oxidation sites excluding steroid dienone is 1. The van der Waals surface area contributed by atoms with Crippen molar-refractivity contribution in [2.45, 2.75) is 32.1 Å². The molecule has 0 aliphatic carbocycles. The lowest BCUT2D eigenvalue weighted by Gasteiger charge is -2.16. The predicted molar refractivity (Wildman–Crippen MR) is 77.5 cm³/mol. The molecule has 0 spiro atoms. The minimum absolute atomic E-state index is 0.186. The Hall–Kier alpha value is -1.13. The molecule has 0 aliphatic heterocycles. The zero-order valence-electron chi connectivity index (χ0n) is 11.8. The van der Waals surface area contributed by atoms with Gasteiger partial charge in [0.25, 0.3) is 10.1 Å². The lowest BCUT2D eigenvalue weighted by Crippen LogP contribution is -2.13. The second kappa shape index (κ2) is 6.87. The van der Waals surface area contributed by atoms with Gasteiger partial charge < -0.3 is 0 Å². The minimum atomic E-state index is -3.64. The second-order valence-electron chi connectivity index (χ2n) is 5.02. The highest BCUT2D eigenvalue weighted by atomic mass is 32.2.